The van der Waals surface area contributed by atoms with E-state index in [4.69, 9.17) is 17.3 Å². The number of aromatic nitrogens is 3. The smallest absolute Gasteiger partial charge is 0.255 e. The zero-order valence-corrected chi connectivity index (χ0v) is 17.6. The van der Waals surface area contributed by atoms with Crippen LogP contribution in [0.1, 0.15) is 33.8 Å². The Bertz CT molecular complexity index is 1290. The molecule has 30 heavy (non-hydrogen) atoms. The minimum Gasteiger partial charge on any atom is -0.383 e. The number of rotatable bonds is 2. The second-order valence-corrected chi connectivity index (χ2v) is 8.43. The Kier molecular flexibility index (Phi) is 4.40. The third-order valence-corrected chi connectivity index (χ3v) is 6.36. The molecule has 1 fully saturated rings. The third kappa shape index (κ3) is 2.99. The van der Waals surface area contributed by atoms with Crippen molar-refractivity contribution in [2.75, 3.05) is 18.8 Å². The molecule has 0 bridgehead atoms. The van der Waals surface area contributed by atoms with Crippen molar-refractivity contribution in [1.29, 1.82) is 0 Å². The number of hydrogen-bond donors (Lipinski definition) is 1. The van der Waals surface area contributed by atoms with Crippen LogP contribution < -0.4 is 5.73 Å². The molecule has 0 spiro atoms. The van der Waals surface area contributed by atoms with E-state index in [0.29, 0.717) is 40.9 Å². The number of nitrogens with zero attached hydrogens (tertiary/aromatic N) is 4. The highest BCUT2D eigenvalue weighted by Gasteiger charge is 2.29. The summed E-state index contributed by atoms with van der Waals surface area (Å²) in [5.41, 5.74) is 10.6. The maximum atomic E-state index is 13.3. The van der Waals surface area contributed by atoms with Gasteiger partial charge in [0.15, 0.2) is 0 Å². The van der Waals surface area contributed by atoms with E-state index in [-0.39, 0.29) is 5.91 Å². The Morgan fingerprint density at radius 3 is 2.73 bits per heavy atom. The molecule has 1 saturated heterocycles. The van der Waals surface area contributed by atoms with Gasteiger partial charge in [0.25, 0.3) is 5.91 Å². The summed E-state index contributed by atoms with van der Waals surface area (Å²) < 4.78 is 1.75. The van der Waals surface area contributed by atoms with Gasteiger partial charge < -0.3 is 10.6 Å². The lowest BCUT2D eigenvalue weighted by atomic mass is 9.97. The molecular formula is C23H22ClN5O. The van der Waals surface area contributed by atoms with Crippen LogP contribution in [0.4, 0.5) is 5.82 Å². The van der Waals surface area contributed by atoms with Crippen LogP contribution in [0.2, 0.25) is 5.02 Å². The summed E-state index contributed by atoms with van der Waals surface area (Å²) in [4.78, 5) is 19.7. The van der Waals surface area contributed by atoms with Crippen molar-refractivity contribution >= 4 is 45.1 Å². The highest BCUT2D eigenvalue weighted by atomic mass is 35.5. The number of anilines is 1. The summed E-state index contributed by atoms with van der Waals surface area (Å²) in [5, 5.41) is 6.28. The second-order valence-electron chi connectivity index (χ2n) is 8.02. The van der Waals surface area contributed by atoms with Crippen molar-refractivity contribution in [1.82, 2.24) is 19.7 Å². The predicted molar refractivity (Wildman–Crippen MR) is 120 cm³/mol. The lowest BCUT2D eigenvalue weighted by Crippen LogP contribution is -2.28. The van der Waals surface area contributed by atoms with Gasteiger partial charge in [0, 0.05) is 31.4 Å². The number of nitrogens with two attached hydrogens (primary N) is 1. The molecule has 0 saturated carbocycles. The van der Waals surface area contributed by atoms with Gasteiger partial charge in [0.1, 0.15) is 5.82 Å². The molecule has 6 nitrogen and oxygen atoms in total. The normalized spacial score (nSPS) is 16.6. The fourth-order valence-corrected chi connectivity index (χ4v) is 4.61. The number of likely N-dealkylation sites (tertiary alicyclic amines) is 1. The van der Waals surface area contributed by atoms with Gasteiger partial charge in [-0.25, -0.2) is 4.98 Å². The molecule has 5 rings (SSSR count). The molecule has 7 heteroatoms. The predicted octanol–water partition coefficient (Wildman–Crippen LogP) is 4.30. The maximum Gasteiger partial charge on any atom is 0.255 e. The van der Waals surface area contributed by atoms with Crippen LogP contribution in [0.5, 0.6) is 0 Å². The summed E-state index contributed by atoms with van der Waals surface area (Å²) >= 11 is 6.51. The van der Waals surface area contributed by atoms with Gasteiger partial charge in [-0.1, -0.05) is 41.4 Å². The van der Waals surface area contributed by atoms with Crippen LogP contribution in [-0.2, 0) is 7.05 Å². The molecule has 0 radical (unpaired) electrons. The Morgan fingerprint density at radius 2 is 1.97 bits per heavy atom. The number of hydrogen-bond acceptors (Lipinski definition) is 4. The van der Waals surface area contributed by atoms with Crippen molar-refractivity contribution < 1.29 is 4.79 Å². The fourth-order valence-electron chi connectivity index (χ4n) is 4.37. The van der Waals surface area contributed by atoms with Crippen LogP contribution in [0, 0.1) is 6.92 Å². The number of fused-ring (bicyclic) bond motifs is 3. The number of amides is 1. The van der Waals surface area contributed by atoms with Gasteiger partial charge in [0.2, 0.25) is 0 Å². The zero-order chi connectivity index (χ0) is 21.0. The van der Waals surface area contributed by atoms with E-state index in [1.807, 2.05) is 18.0 Å². The average Bonchev–Trinajstić information content (AvgIpc) is 3.36. The molecule has 2 aromatic heterocycles. The fraction of sp³-hybridized carbons (Fsp3) is 0.261. The molecule has 152 valence electrons. The molecule has 2 N–H and O–H groups in total. The quantitative estimate of drug-likeness (QED) is 0.525. The summed E-state index contributed by atoms with van der Waals surface area (Å²) in [6.45, 7) is 3.49. The molecule has 1 aliphatic heterocycles. The van der Waals surface area contributed by atoms with Gasteiger partial charge >= 0.3 is 0 Å². The van der Waals surface area contributed by atoms with Crippen LogP contribution in [0.3, 0.4) is 0 Å². The summed E-state index contributed by atoms with van der Waals surface area (Å²) in [5.74, 6) is 0.698. The lowest BCUT2D eigenvalue weighted by Gasteiger charge is -2.18. The van der Waals surface area contributed by atoms with Gasteiger partial charge in [-0.15, -0.1) is 0 Å². The molecule has 0 unspecified atom stereocenters. The average molecular weight is 420 g/mol. The number of halogens is 1. The Balaban J connectivity index is 1.51. The van der Waals surface area contributed by atoms with Gasteiger partial charge in [-0.05, 0) is 31.0 Å². The lowest BCUT2D eigenvalue weighted by molar-refractivity contribution is 0.0791. The number of nitrogen functional groups attached to an aromatic ring is 1. The van der Waals surface area contributed by atoms with E-state index in [0.717, 1.165) is 22.7 Å². The first-order valence-electron chi connectivity index (χ1n) is 9.98. The zero-order valence-electron chi connectivity index (χ0n) is 16.9. The van der Waals surface area contributed by atoms with Gasteiger partial charge in [0.05, 0.1) is 33.2 Å². The van der Waals surface area contributed by atoms with E-state index in [2.05, 4.69) is 41.3 Å². The first-order chi connectivity index (χ1) is 14.4. The van der Waals surface area contributed by atoms with E-state index >= 15 is 0 Å². The molecular weight excluding hydrogens is 398 g/mol. The Labute approximate surface area is 179 Å². The highest BCUT2D eigenvalue weighted by Crippen LogP contribution is 2.34. The van der Waals surface area contributed by atoms with Crippen molar-refractivity contribution in [2.45, 2.75) is 19.3 Å². The van der Waals surface area contributed by atoms with Crippen molar-refractivity contribution in [3.8, 4) is 0 Å². The second kappa shape index (κ2) is 6.99. The van der Waals surface area contributed by atoms with Crippen molar-refractivity contribution in [3.05, 3.63) is 64.3 Å². The monoisotopic (exact) mass is 419 g/mol. The number of benzene rings is 2. The number of carbonyl (C=O) groups is 1. The van der Waals surface area contributed by atoms with E-state index in [9.17, 15) is 4.79 Å². The highest BCUT2D eigenvalue weighted by molar-refractivity contribution is 6.35. The first-order valence-corrected chi connectivity index (χ1v) is 10.4. The van der Waals surface area contributed by atoms with E-state index in [1.165, 1.54) is 11.1 Å². The Hall–Kier alpha value is -3.12. The van der Waals surface area contributed by atoms with E-state index < -0.39 is 0 Å². The number of aryl methyl sites for hydroxylation is 2. The van der Waals surface area contributed by atoms with Crippen molar-refractivity contribution in [2.24, 2.45) is 7.05 Å². The molecule has 2 aromatic carbocycles. The molecule has 0 aliphatic carbocycles. The summed E-state index contributed by atoms with van der Waals surface area (Å²) in [6, 6.07) is 12.1. The molecule has 3 heterocycles. The topological polar surface area (TPSA) is 77.0 Å². The minimum absolute atomic E-state index is 0.0522. The minimum atomic E-state index is -0.0522. The van der Waals surface area contributed by atoms with Gasteiger partial charge in [-0.3, -0.25) is 9.48 Å². The largest absolute Gasteiger partial charge is 0.383 e. The molecule has 1 amide bonds. The standard InChI is InChI=1S/C23H22ClN5O/c1-13-3-5-14(6-4-13)15-7-8-29(12-15)23(30)16-9-17-20(10-19(16)24)27-22(25)18-11-26-28(2)21(17)18/h3-6,9-11,15H,7-8,12H2,1-2H3,(H2,25,27)/t15-/m0/s1. The van der Waals surface area contributed by atoms with Crippen LogP contribution in [0.15, 0.2) is 42.6 Å². The molecule has 4 aromatic rings. The first kappa shape index (κ1) is 18.9. The molecule has 1 atom stereocenters. The van der Waals surface area contributed by atoms with Crippen LogP contribution in [-0.4, -0.2) is 38.7 Å². The SMILES string of the molecule is Cc1ccc([C@H]2CCN(C(=O)c3cc4c(cc3Cl)nc(N)c3cnn(C)c34)C2)cc1. The van der Waals surface area contributed by atoms with Gasteiger partial charge in [-0.2, -0.15) is 5.10 Å². The van der Waals surface area contributed by atoms with E-state index in [1.54, 1.807) is 16.9 Å². The summed E-state index contributed by atoms with van der Waals surface area (Å²) in [6.07, 6.45) is 2.64. The van der Waals surface area contributed by atoms with Crippen LogP contribution >= 0.6 is 11.6 Å². The Morgan fingerprint density at radius 1 is 1.20 bits per heavy atom. The maximum absolute atomic E-state index is 13.3. The molecule has 1 aliphatic rings. The van der Waals surface area contributed by atoms with Crippen LogP contribution in [0.25, 0.3) is 21.8 Å². The number of carbonyl (C=O) groups excluding carboxylic acids is 1. The third-order valence-electron chi connectivity index (χ3n) is 6.05. The van der Waals surface area contributed by atoms with Crippen molar-refractivity contribution in [3.63, 3.8) is 0 Å². The summed E-state index contributed by atoms with van der Waals surface area (Å²) in [7, 11) is 1.85. The number of pyridine rings is 1.